The van der Waals surface area contributed by atoms with Gasteiger partial charge in [0, 0.05) is 5.69 Å². The summed E-state index contributed by atoms with van der Waals surface area (Å²) in [4.78, 5) is 23.9. The summed E-state index contributed by atoms with van der Waals surface area (Å²) in [6.45, 7) is 1.93. The number of benzene rings is 2. The van der Waals surface area contributed by atoms with Crippen molar-refractivity contribution in [2.45, 2.75) is 13.2 Å². The molecular weight excluding hydrogens is 330 g/mol. The van der Waals surface area contributed by atoms with Crippen molar-refractivity contribution >= 4 is 29.2 Å². The lowest BCUT2D eigenvalue weighted by Crippen LogP contribution is -2.24. The minimum atomic E-state index is -1.21. The highest BCUT2D eigenvalue weighted by molar-refractivity contribution is 6.42. The third-order valence-corrected chi connectivity index (χ3v) is 3.74. The number of cyclic esters (lactones) is 1. The molecule has 0 spiro atoms. The van der Waals surface area contributed by atoms with Gasteiger partial charge in [-0.15, -0.1) is 0 Å². The smallest absolute Gasteiger partial charge is 0.355 e. The molecule has 1 heterocycles. The summed E-state index contributed by atoms with van der Waals surface area (Å²) in [5.74, 6) is -1.35. The maximum atomic E-state index is 12.2. The van der Waals surface area contributed by atoms with Crippen LogP contribution in [0.1, 0.15) is 15.9 Å². The molecule has 24 heavy (non-hydrogen) atoms. The monoisotopic (exact) mass is 343 g/mol. The van der Waals surface area contributed by atoms with Gasteiger partial charge in [0.15, 0.2) is 5.03 Å². The van der Waals surface area contributed by atoms with Gasteiger partial charge in [-0.25, -0.2) is 9.59 Å². The number of rotatable bonds is 4. The number of anilines is 1. The molecule has 0 amide bonds. The number of carbonyl (C=O) groups is 2. The average Bonchev–Trinajstić information content (AvgIpc) is 2.83. The summed E-state index contributed by atoms with van der Waals surface area (Å²) < 4.78 is 10.3. The Morgan fingerprint density at radius 2 is 1.92 bits per heavy atom. The van der Waals surface area contributed by atoms with Gasteiger partial charge in [0.05, 0.1) is 5.56 Å². The van der Waals surface area contributed by atoms with Crippen molar-refractivity contribution in [3.8, 4) is 0 Å². The standard InChI is InChI=1S/C18H14ClNO4/c1-11-6-5-9-13(10-11)20-15-14(19)17(22)24-18(15)23-16(21)12-7-3-2-4-8-12/h2-10,18,20H,1H3. The highest BCUT2D eigenvalue weighted by Gasteiger charge is 2.36. The Kier molecular flexibility index (Phi) is 4.53. The first-order valence-corrected chi connectivity index (χ1v) is 7.63. The molecule has 0 aliphatic carbocycles. The van der Waals surface area contributed by atoms with Gasteiger partial charge in [-0.05, 0) is 36.8 Å². The van der Waals surface area contributed by atoms with Crippen molar-refractivity contribution in [2.24, 2.45) is 0 Å². The largest absolute Gasteiger partial charge is 0.415 e. The van der Waals surface area contributed by atoms with Crippen LogP contribution < -0.4 is 5.32 Å². The van der Waals surface area contributed by atoms with Crippen LogP contribution in [0.25, 0.3) is 0 Å². The van der Waals surface area contributed by atoms with Crippen molar-refractivity contribution < 1.29 is 19.1 Å². The topological polar surface area (TPSA) is 64.6 Å². The molecule has 1 atom stereocenters. The molecule has 2 aromatic carbocycles. The number of esters is 2. The second-order valence-corrected chi connectivity index (χ2v) is 5.61. The number of ether oxygens (including phenoxy) is 2. The quantitative estimate of drug-likeness (QED) is 0.859. The zero-order valence-electron chi connectivity index (χ0n) is 12.8. The molecule has 2 aromatic rings. The second kappa shape index (κ2) is 6.76. The average molecular weight is 344 g/mol. The zero-order chi connectivity index (χ0) is 17.1. The molecule has 5 nitrogen and oxygen atoms in total. The third kappa shape index (κ3) is 3.41. The van der Waals surface area contributed by atoms with Crippen molar-refractivity contribution in [3.63, 3.8) is 0 Å². The predicted octanol–water partition coefficient (Wildman–Crippen LogP) is 3.60. The first-order valence-electron chi connectivity index (χ1n) is 7.25. The van der Waals surface area contributed by atoms with E-state index in [2.05, 4.69) is 5.32 Å². The molecule has 3 rings (SSSR count). The normalized spacial score (nSPS) is 16.8. The predicted molar refractivity (Wildman–Crippen MR) is 89.4 cm³/mol. The van der Waals surface area contributed by atoms with E-state index in [4.69, 9.17) is 21.1 Å². The fraction of sp³-hybridized carbons (Fsp3) is 0.111. The van der Waals surface area contributed by atoms with Gasteiger partial charge in [0.1, 0.15) is 5.70 Å². The first-order chi connectivity index (χ1) is 11.5. The van der Waals surface area contributed by atoms with E-state index in [0.29, 0.717) is 11.3 Å². The van der Waals surface area contributed by atoms with Crippen LogP contribution in [0.3, 0.4) is 0 Å². The molecule has 1 aliphatic heterocycles. The number of aryl methyl sites for hydroxylation is 1. The highest BCUT2D eigenvalue weighted by atomic mass is 35.5. The molecule has 0 fully saturated rings. The van der Waals surface area contributed by atoms with E-state index in [9.17, 15) is 9.59 Å². The van der Waals surface area contributed by atoms with E-state index < -0.39 is 18.2 Å². The van der Waals surface area contributed by atoms with Gasteiger partial charge in [0.25, 0.3) is 6.29 Å². The summed E-state index contributed by atoms with van der Waals surface area (Å²) in [5.41, 5.74) is 2.30. The summed E-state index contributed by atoms with van der Waals surface area (Å²) in [6.07, 6.45) is -1.21. The van der Waals surface area contributed by atoms with Crippen LogP contribution in [0.4, 0.5) is 5.69 Å². The molecule has 0 bridgehead atoms. The number of halogens is 1. The van der Waals surface area contributed by atoms with Crippen LogP contribution in [-0.4, -0.2) is 18.2 Å². The van der Waals surface area contributed by atoms with Gasteiger partial charge in [-0.1, -0.05) is 41.9 Å². The van der Waals surface area contributed by atoms with E-state index in [1.807, 2.05) is 31.2 Å². The summed E-state index contributed by atoms with van der Waals surface area (Å²) in [7, 11) is 0. The molecule has 1 aliphatic rings. The maximum absolute atomic E-state index is 12.2. The van der Waals surface area contributed by atoms with Crippen LogP contribution in [0.2, 0.25) is 0 Å². The molecule has 0 saturated heterocycles. The van der Waals surface area contributed by atoms with Crippen molar-refractivity contribution in [1.82, 2.24) is 0 Å². The SMILES string of the molecule is Cc1cccc(NC2=C(Cl)C(=O)OC2OC(=O)c2ccccc2)c1. The minimum absolute atomic E-state index is 0.137. The molecule has 0 radical (unpaired) electrons. The van der Waals surface area contributed by atoms with Crippen LogP contribution in [0.5, 0.6) is 0 Å². The minimum Gasteiger partial charge on any atom is -0.415 e. The van der Waals surface area contributed by atoms with E-state index in [-0.39, 0.29) is 10.7 Å². The van der Waals surface area contributed by atoms with Crippen LogP contribution in [0, 0.1) is 6.92 Å². The lowest BCUT2D eigenvalue weighted by molar-refractivity contribution is -0.152. The van der Waals surface area contributed by atoms with Crippen LogP contribution in [-0.2, 0) is 14.3 Å². The molecular formula is C18H14ClNO4. The Bertz CT molecular complexity index is 817. The second-order valence-electron chi connectivity index (χ2n) is 5.23. The van der Waals surface area contributed by atoms with E-state index in [1.165, 1.54) is 0 Å². The molecule has 122 valence electrons. The number of hydrogen-bond donors (Lipinski definition) is 1. The Labute approximate surface area is 143 Å². The van der Waals surface area contributed by atoms with Gasteiger partial charge in [-0.2, -0.15) is 0 Å². The molecule has 6 heteroatoms. The van der Waals surface area contributed by atoms with E-state index in [0.717, 1.165) is 5.56 Å². The Hall–Kier alpha value is -2.79. The van der Waals surface area contributed by atoms with Crippen LogP contribution in [0.15, 0.2) is 65.3 Å². The molecule has 1 unspecified atom stereocenters. The fourth-order valence-electron chi connectivity index (χ4n) is 2.24. The van der Waals surface area contributed by atoms with Gasteiger partial charge in [-0.3, -0.25) is 0 Å². The maximum Gasteiger partial charge on any atom is 0.355 e. The summed E-state index contributed by atoms with van der Waals surface area (Å²) >= 11 is 5.99. The highest BCUT2D eigenvalue weighted by Crippen LogP contribution is 2.28. The van der Waals surface area contributed by atoms with Gasteiger partial charge < -0.3 is 14.8 Å². The van der Waals surface area contributed by atoms with Gasteiger partial charge >= 0.3 is 11.9 Å². The third-order valence-electron chi connectivity index (χ3n) is 3.39. The number of nitrogens with one attached hydrogen (secondary N) is 1. The molecule has 0 aromatic heterocycles. The number of hydrogen-bond acceptors (Lipinski definition) is 5. The lowest BCUT2D eigenvalue weighted by Gasteiger charge is -2.16. The van der Waals surface area contributed by atoms with E-state index >= 15 is 0 Å². The zero-order valence-corrected chi connectivity index (χ0v) is 13.5. The lowest BCUT2D eigenvalue weighted by atomic mass is 10.2. The van der Waals surface area contributed by atoms with Crippen molar-refractivity contribution in [1.29, 1.82) is 0 Å². The van der Waals surface area contributed by atoms with Crippen molar-refractivity contribution in [3.05, 3.63) is 76.5 Å². The summed E-state index contributed by atoms with van der Waals surface area (Å²) in [5, 5.41) is 2.86. The first kappa shape index (κ1) is 16.1. The summed E-state index contributed by atoms with van der Waals surface area (Å²) in [6, 6.07) is 15.9. The fourth-order valence-corrected chi connectivity index (χ4v) is 2.42. The Balaban J connectivity index is 1.80. The molecule has 0 saturated carbocycles. The Morgan fingerprint density at radius 3 is 2.62 bits per heavy atom. The van der Waals surface area contributed by atoms with Gasteiger partial charge in [0.2, 0.25) is 0 Å². The Morgan fingerprint density at radius 1 is 1.17 bits per heavy atom. The van der Waals surface area contributed by atoms with E-state index in [1.54, 1.807) is 30.3 Å². The van der Waals surface area contributed by atoms with Crippen molar-refractivity contribution in [2.75, 3.05) is 5.32 Å². The molecule has 1 N–H and O–H groups in total. The van der Waals surface area contributed by atoms with Crippen LogP contribution >= 0.6 is 11.6 Å². The number of carbonyl (C=O) groups excluding carboxylic acids is 2.